The van der Waals surface area contributed by atoms with E-state index in [1.807, 2.05) is 6.92 Å². The monoisotopic (exact) mass is 417 g/mol. The van der Waals surface area contributed by atoms with Crippen molar-refractivity contribution in [3.8, 4) is 0 Å². The van der Waals surface area contributed by atoms with Crippen molar-refractivity contribution in [1.29, 1.82) is 0 Å². The van der Waals surface area contributed by atoms with Crippen LogP contribution in [0.3, 0.4) is 0 Å². The van der Waals surface area contributed by atoms with Crippen molar-refractivity contribution < 1.29 is 28.5 Å². The Hall–Kier alpha value is -2.02. The Kier molecular flexibility index (Phi) is 4.84. The molecule has 4 fully saturated rings. The Morgan fingerprint density at radius 2 is 1.80 bits per heavy atom. The summed E-state index contributed by atoms with van der Waals surface area (Å²) in [4.78, 5) is 26.7. The zero-order valence-corrected chi connectivity index (χ0v) is 18.2. The van der Waals surface area contributed by atoms with Crippen LogP contribution in [0.1, 0.15) is 52.9 Å². The van der Waals surface area contributed by atoms with E-state index in [1.165, 1.54) is 0 Å². The minimum Gasteiger partial charge on any atom is -0.492 e. The molecule has 0 aromatic heterocycles. The number of ether oxygens (including phenoxy) is 4. The third-order valence-corrected chi connectivity index (χ3v) is 7.82. The second-order valence-corrected chi connectivity index (χ2v) is 9.47. The molecule has 0 spiro atoms. The minimum atomic E-state index is -0.364. The van der Waals surface area contributed by atoms with Gasteiger partial charge in [0.15, 0.2) is 5.76 Å². The van der Waals surface area contributed by atoms with Gasteiger partial charge in [0.25, 0.3) is 0 Å². The number of carbonyl (C=O) groups is 2. The molecule has 0 aromatic carbocycles. The molecule has 5 rings (SSSR count). The molecule has 7 unspecified atom stereocenters. The molecule has 5 aliphatic rings. The van der Waals surface area contributed by atoms with Crippen LogP contribution in [0, 0.1) is 17.8 Å². The van der Waals surface area contributed by atoms with E-state index in [0.717, 1.165) is 44.4 Å². The van der Waals surface area contributed by atoms with Gasteiger partial charge in [0.1, 0.15) is 18.0 Å². The van der Waals surface area contributed by atoms with E-state index < -0.39 is 0 Å². The SMILES string of the molecule is COC1=C(C)C(=O)O/C1=C1\OC2CCCN3C(C4CC(C)C(=O)O4)CCC3C2C1C. The average molecular weight is 418 g/mol. The second-order valence-electron chi connectivity index (χ2n) is 9.47. The van der Waals surface area contributed by atoms with Crippen LogP contribution in [0.4, 0.5) is 0 Å². The van der Waals surface area contributed by atoms with Crippen molar-refractivity contribution in [1.82, 2.24) is 4.90 Å². The summed E-state index contributed by atoms with van der Waals surface area (Å²) in [5.74, 6) is 1.73. The summed E-state index contributed by atoms with van der Waals surface area (Å²) >= 11 is 0. The van der Waals surface area contributed by atoms with Gasteiger partial charge in [-0.15, -0.1) is 0 Å². The van der Waals surface area contributed by atoms with Gasteiger partial charge >= 0.3 is 11.9 Å². The number of carbonyl (C=O) groups excluding carboxylic acids is 2. The van der Waals surface area contributed by atoms with Gasteiger partial charge in [-0.2, -0.15) is 0 Å². The fourth-order valence-electron chi connectivity index (χ4n) is 6.36. The molecule has 7 nitrogen and oxygen atoms in total. The molecule has 7 heteroatoms. The van der Waals surface area contributed by atoms with Gasteiger partial charge in [-0.05, 0) is 45.6 Å². The van der Waals surface area contributed by atoms with Gasteiger partial charge in [-0.25, -0.2) is 4.79 Å². The van der Waals surface area contributed by atoms with Crippen molar-refractivity contribution in [2.24, 2.45) is 17.8 Å². The zero-order chi connectivity index (χ0) is 21.2. The van der Waals surface area contributed by atoms with E-state index in [0.29, 0.717) is 35.1 Å². The van der Waals surface area contributed by atoms with Crippen LogP contribution in [0.5, 0.6) is 0 Å². The number of rotatable bonds is 2. The van der Waals surface area contributed by atoms with Crippen molar-refractivity contribution in [3.05, 3.63) is 22.9 Å². The Labute approximate surface area is 177 Å². The third-order valence-electron chi connectivity index (χ3n) is 7.82. The first-order valence-electron chi connectivity index (χ1n) is 11.2. The predicted molar refractivity (Wildman–Crippen MR) is 107 cm³/mol. The highest BCUT2D eigenvalue weighted by molar-refractivity contribution is 5.93. The summed E-state index contributed by atoms with van der Waals surface area (Å²) in [5.41, 5.74) is 0.489. The molecule has 0 aliphatic carbocycles. The maximum absolute atomic E-state index is 12.1. The fraction of sp³-hybridized carbons (Fsp3) is 0.739. The fourth-order valence-corrected chi connectivity index (χ4v) is 6.36. The molecule has 5 aliphatic heterocycles. The Morgan fingerprint density at radius 1 is 1.03 bits per heavy atom. The van der Waals surface area contributed by atoms with Crippen molar-refractivity contribution >= 4 is 11.9 Å². The molecule has 7 atom stereocenters. The molecule has 0 amide bonds. The second kappa shape index (κ2) is 7.29. The number of cyclic esters (lactones) is 2. The molecule has 30 heavy (non-hydrogen) atoms. The van der Waals surface area contributed by atoms with Crippen LogP contribution in [0.2, 0.25) is 0 Å². The molecule has 164 valence electrons. The molecular weight excluding hydrogens is 386 g/mol. The first-order valence-corrected chi connectivity index (χ1v) is 11.2. The van der Waals surface area contributed by atoms with E-state index in [4.69, 9.17) is 18.9 Å². The van der Waals surface area contributed by atoms with Crippen molar-refractivity contribution in [2.45, 2.75) is 77.2 Å². The van der Waals surface area contributed by atoms with E-state index in [-0.39, 0.29) is 36.0 Å². The van der Waals surface area contributed by atoms with Crippen LogP contribution in [-0.4, -0.2) is 54.8 Å². The Bertz CT molecular complexity index is 832. The molecule has 0 aromatic rings. The van der Waals surface area contributed by atoms with Gasteiger partial charge in [0.2, 0.25) is 5.76 Å². The number of nitrogens with zero attached hydrogens (tertiary/aromatic N) is 1. The molecule has 0 saturated carbocycles. The lowest BCUT2D eigenvalue weighted by Crippen LogP contribution is -2.46. The van der Waals surface area contributed by atoms with E-state index in [9.17, 15) is 9.59 Å². The summed E-state index contributed by atoms with van der Waals surface area (Å²) in [5, 5.41) is 0. The quantitative estimate of drug-likeness (QED) is 0.640. The largest absolute Gasteiger partial charge is 0.492 e. The normalized spacial score (nSPS) is 43.8. The lowest BCUT2D eigenvalue weighted by atomic mass is 9.82. The van der Waals surface area contributed by atoms with E-state index in [2.05, 4.69) is 11.8 Å². The molecule has 0 bridgehead atoms. The van der Waals surface area contributed by atoms with Crippen molar-refractivity contribution in [2.75, 3.05) is 13.7 Å². The van der Waals surface area contributed by atoms with Gasteiger partial charge < -0.3 is 18.9 Å². The summed E-state index contributed by atoms with van der Waals surface area (Å²) in [7, 11) is 1.56. The Balaban J connectivity index is 1.42. The highest BCUT2D eigenvalue weighted by Gasteiger charge is 2.54. The summed E-state index contributed by atoms with van der Waals surface area (Å²) < 4.78 is 23.2. The van der Waals surface area contributed by atoms with Crippen LogP contribution >= 0.6 is 0 Å². The lowest BCUT2D eigenvalue weighted by Gasteiger charge is -2.35. The van der Waals surface area contributed by atoms with Gasteiger partial charge in [0.05, 0.1) is 18.6 Å². The van der Waals surface area contributed by atoms with Crippen LogP contribution in [0.15, 0.2) is 22.9 Å². The van der Waals surface area contributed by atoms with Crippen molar-refractivity contribution in [3.63, 3.8) is 0 Å². The summed E-state index contributed by atoms with van der Waals surface area (Å²) in [6, 6.07) is 0.686. The first kappa shape index (κ1) is 19.9. The minimum absolute atomic E-state index is 0.00149. The highest BCUT2D eigenvalue weighted by Crippen LogP contribution is 2.50. The number of hydrogen-bond acceptors (Lipinski definition) is 7. The Morgan fingerprint density at radius 3 is 2.50 bits per heavy atom. The zero-order valence-electron chi connectivity index (χ0n) is 18.2. The molecule has 4 saturated heterocycles. The molecule has 0 radical (unpaired) electrons. The number of methoxy groups -OCH3 is 1. The average Bonchev–Trinajstić information content (AvgIpc) is 3.40. The highest BCUT2D eigenvalue weighted by atomic mass is 16.6. The van der Waals surface area contributed by atoms with Crippen LogP contribution < -0.4 is 0 Å². The van der Waals surface area contributed by atoms with Gasteiger partial charge in [0, 0.05) is 23.9 Å². The van der Waals surface area contributed by atoms with Crippen LogP contribution in [0.25, 0.3) is 0 Å². The predicted octanol–water partition coefficient (Wildman–Crippen LogP) is 2.90. The number of allylic oxidation sites excluding steroid dienone is 1. The number of fused-ring (bicyclic) bond motifs is 3. The third kappa shape index (κ3) is 2.88. The van der Waals surface area contributed by atoms with Gasteiger partial charge in [-0.3, -0.25) is 9.69 Å². The maximum atomic E-state index is 12.1. The molecule has 0 N–H and O–H groups in total. The topological polar surface area (TPSA) is 74.3 Å². The smallest absolute Gasteiger partial charge is 0.343 e. The lowest BCUT2D eigenvalue weighted by molar-refractivity contribution is -0.146. The van der Waals surface area contributed by atoms with Crippen LogP contribution in [-0.2, 0) is 28.5 Å². The summed E-state index contributed by atoms with van der Waals surface area (Å²) in [6.45, 7) is 6.88. The maximum Gasteiger partial charge on any atom is 0.343 e. The van der Waals surface area contributed by atoms with E-state index in [1.54, 1.807) is 14.0 Å². The van der Waals surface area contributed by atoms with Gasteiger partial charge in [-0.1, -0.05) is 13.8 Å². The number of esters is 2. The summed E-state index contributed by atoms with van der Waals surface area (Å²) in [6.07, 6.45) is 5.09. The molecule has 5 heterocycles. The standard InChI is InChI=1S/C23H31NO6/c1-11-10-17(29-22(11)25)14-7-8-15-18-12(2)20(28-16(18)6-5-9-24(14)15)21-19(27-4)13(3)23(26)30-21/h11-12,14-18H,5-10H2,1-4H3/b21-20-. The first-order chi connectivity index (χ1) is 14.4. The molecular formula is C23H31NO6. The number of hydrogen-bond donors (Lipinski definition) is 0. The van der Waals surface area contributed by atoms with E-state index >= 15 is 0 Å².